The van der Waals surface area contributed by atoms with Crippen LogP contribution in [0, 0.1) is 0 Å². The molecule has 0 N–H and O–H groups in total. The number of aromatic nitrogens is 1. The molecule has 27 heavy (non-hydrogen) atoms. The number of sulfonamides is 1. The molecule has 0 bridgehead atoms. The van der Waals surface area contributed by atoms with E-state index < -0.39 is 10.0 Å². The van der Waals surface area contributed by atoms with Crippen LogP contribution in [0.15, 0.2) is 47.6 Å². The van der Waals surface area contributed by atoms with Gasteiger partial charge in [-0.05, 0) is 48.1 Å². The summed E-state index contributed by atoms with van der Waals surface area (Å²) in [6.45, 7) is 1.47. The minimum absolute atomic E-state index is 0.0615. The Morgan fingerprint density at radius 2 is 1.81 bits per heavy atom. The maximum absolute atomic E-state index is 12.6. The fraction of sp³-hybridized carbons (Fsp3) is 0.400. The third-order valence-electron chi connectivity index (χ3n) is 5.38. The molecular weight excluding hydrogens is 362 g/mol. The molecule has 1 aliphatic heterocycles. The van der Waals surface area contributed by atoms with Crippen LogP contribution in [0.4, 0.5) is 0 Å². The summed E-state index contributed by atoms with van der Waals surface area (Å²) < 4.78 is 26.7. The standard InChI is InChI=1S/C20H23N3O3S/c24-20(14-16-6-7-17-3-1-4-18(17)13-16)22-9-11-23(12-10-22)27(25,26)19-5-2-8-21-15-19/h2,5-8,13,15H,1,3-4,9-12,14H2. The molecule has 2 aliphatic rings. The maximum atomic E-state index is 12.6. The lowest BCUT2D eigenvalue weighted by Crippen LogP contribution is -2.50. The minimum atomic E-state index is -3.54. The van der Waals surface area contributed by atoms with Gasteiger partial charge < -0.3 is 4.90 Å². The zero-order valence-corrected chi connectivity index (χ0v) is 16.0. The van der Waals surface area contributed by atoms with Gasteiger partial charge in [0.05, 0.1) is 6.42 Å². The summed E-state index contributed by atoms with van der Waals surface area (Å²) in [5, 5.41) is 0. The van der Waals surface area contributed by atoms with Crippen molar-refractivity contribution in [3.63, 3.8) is 0 Å². The summed E-state index contributed by atoms with van der Waals surface area (Å²) >= 11 is 0. The molecule has 0 radical (unpaired) electrons. The van der Waals surface area contributed by atoms with Crippen LogP contribution in [0.3, 0.4) is 0 Å². The van der Waals surface area contributed by atoms with Crippen LogP contribution in [0.5, 0.6) is 0 Å². The zero-order chi connectivity index (χ0) is 18.9. The van der Waals surface area contributed by atoms with E-state index in [-0.39, 0.29) is 10.8 Å². The Bertz CT molecular complexity index is 936. The fourth-order valence-corrected chi connectivity index (χ4v) is 5.23. The number of benzene rings is 1. The Morgan fingerprint density at radius 1 is 1.04 bits per heavy atom. The molecule has 7 heteroatoms. The van der Waals surface area contributed by atoms with Crippen LogP contribution >= 0.6 is 0 Å². The van der Waals surface area contributed by atoms with Gasteiger partial charge in [0.1, 0.15) is 4.90 Å². The van der Waals surface area contributed by atoms with Crippen molar-refractivity contribution in [3.8, 4) is 0 Å². The molecule has 6 nitrogen and oxygen atoms in total. The van der Waals surface area contributed by atoms with Gasteiger partial charge in [0.25, 0.3) is 0 Å². The van der Waals surface area contributed by atoms with E-state index in [2.05, 4.69) is 17.1 Å². The molecule has 2 heterocycles. The number of carbonyl (C=O) groups is 1. The minimum Gasteiger partial charge on any atom is -0.340 e. The number of pyridine rings is 1. The van der Waals surface area contributed by atoms with Gasteiger partial charge in [0.2, 0.25) is 15.9 Å². The van der Waals surface area contributed by atoms with Crippen LogP contribution in [-0.2, 0) is 34.1 Å². The number of aryl methyl sites for hydroxylation is 2. The molecule has 1 amide bonds. The summed E-state index contributed by atoms with van der Waals surface area (Å²) in [5.74, 6) is 0.0615. The highest BCUT2D eigenvalue weighted by atomic mass is 32.2. The molecule has 0 saturated carbocycles. The van der Waals surface area contributed by atoms with Crippen molar-refractivity contribution in [2.24, 2.45) is 0 Å². The lowest BCUT2D eigenvalue weighted by Gasteiger charge is -2.34. The largest absolute Gasteiger partial charge is 0.340 e. The van der Waals surface area contributed by atoms with Gasteiger partial charge >= 0.3 is 0 Å². The SMILES string of the molecule is O=C(Cc1ccc2c(c1)CCC2)N1CCN(S(=O)(=O)c2cccnc2)CC1. The highest BCUT2D eigenvalue weighted by Crippen LogP contribution is 2.23. The Morgan fingerprint density at radius 3 is 2.56 bits per heavy atom. The lowest BCUT2D eigenvalue weighted by atomic mass is 10.0. The van der Waals surface area contributed by atoms with E-state index in [1.54, 1.807) is 23.2 Å². The molecule has 1 saturated heterocycles. The summed E-state index contributed by atoms with van der Waals surface area (Å²) in [6.07, 6.45) is 6.72. The Hall–Kier alpha value is -2.25. The molecular formula is C20H23N3O3S. The molecule has 1 aromatic heterocycles. The second-order valence-electron chi connectivity index (χ2n) is 7.11. The first-order chi connectivity index (χ1) is 13.0. The van der Waals surface area contributed by atoms with E-state index in [0.717, 1.165) is 18.4 Å². The number of fused-ring (bicyclic) bond motifs is 1. The topological polar surface area (TPSA) is 70.6 Å². The van der Waals surface area contributed by atoms with Crippen molar-refractivity contribution in [3.05, 3.63) is 59.4 Å². The predicted octanol–water partition coefficient (Wildman–Crippen LogP) is 1.65. The number of hydrogen-bond acceptors (Lipinski definition) is 4. The normalized spacial score (nSPS) is 17.7. The molecule has 1 fully saturated rings. The van der Waals surface area contributed by atoms with Crippen molar-refractivity contribution < 1.29 is 13.2 Å². The van der Waals surface area contributed by atoms with Gasteiger partial charge in [-0.15, -0.1) is 0 Å². The van der Waals surface area contributed by atoms with Crippen molar-refractivity contribution >= 4 is 15.9 Å². The summed E-state index contributed by atoms with van der Waals surface area (Å²) in [6, 6.07) is 9.51. The van der Waals surface area contributed by atoms with Gasteiger partial charge in [-0.3, -0.25) is 9.78 Å². The van der Waals surface area contributed by atoms with Crippen LogP contribution < -0.4 is 0 Å². The maximum Gasteiger partial charge on any atom is 0.244 e. The predicted molar refractivity (Wildman–Crippen MR) is 102 cm³/mol. The smallest absolute Gasteiger partial charge is 0.244 e. The molecule has 2 aromatic rings. The Balaban J connectivity index is 1.37. The average Bonchev–Trinajstić information content (AvgIpc) is 3.16. The first-order valence-electron chi connectivity index (χ1n) is 9.33. The van der Waals surface area contributed by atoms with E-state index in [4.69, 9.17) is 0 Å². The third kappa shape index (κ3) is 3.75. The number of carbonyl (C=O) groups excluding carboxylic acids is 1. The van der Waals surface area contributed by atoms with Crippen molar-refractivity contribution in [1.29, 1.82) is 0 Å². The number of piperazine rings is 1. The Kier molecular flexibility index (Phi) is 4.97. The third-order valence-corrected chi connectivity index (χ3v) is 7.26. The second kappa shape index (κ2) is 7.40. The average molecular weight is 385 g/mol. The van der Waals surface area contributed by atoms with E-state index >= 15 is 0 Å². The van der Waals surface area contributed by atoms with Crippen LogP contribution in [0.25, 0.3) is 0 Å². The highest BCUT2D eigenvalue weighted by Gasteiger charge is 2.30. The van der Waals surface area contributed by atoms with Crippen molar-refractivity contribution in [2.45, 2.75) is 30.6 Å². The lowest BCUT2D eigenvalue weighted by molar-refractivity contribution is -0.131. The summed E-state index contributed by atoms with van der Waals surface area (Å²) in [4.78, 5) is 18.5. The van der Waals surface area contributed by atoms with Gasteiger partial charge in [-0.1, -0.05) is 18.2 Å². The van der Waals surface area contributed by atoms with Crippen molar-refractivity contribution in [1.82, 2.24) is 14.2 Å². The van der Waals surface area contributed by atoms with Crippen LogP contribution in [0.1, 0.15) is 23.1 Å². The Labute approximate surface area is 159 Å². The summed E-state index contributed by atoms with van der Waals surface area (Å²) in [5.41, 5.74) is 3.82. The van der Waals surface area contributed by atoms with Gasteiger partial charge in [-0.25, -0.2) is 8.42 Å². The zero-order valence-electron chi connectivity index (χ0n) is 15.2. The van der Waals surface area contributed by atoms with E-state index in [1.807, 2.05) is 6.07 Å². The highest BCUT2D eigenvalue weighted by molar-refractivity contribution is 7.89. The van der Waals surface area contributed by atoms with Crippen molar-refractivity contribution in [2.75, 3.05) is 26.2 Å². The summed E-state index contributed by atoms with van der Waals surface area (Å²) in [7, 11) is -3.54. The van der Waals surface area contributed by atoms with Gasteiger partial charge in [0, 0.05) is 38.6 Å². The van der Waals surface area contributed by atoms with Crippen LogP contribution in [0.2, 0.25) is 0 Å². The molecule has 1 aliphatic carbocycles. The van der Waals surface area contributed by atoms with E-state index in [9.17, 15) is 13.2 Å². The number of amides is 1. The number of hydrogen-bond donors (Lipinski definition) is 0. The van der Waals surface area contributed by atoms with Gasteiger partial charge in [0.15, 0.2) is 0 Å². The van der Waals surface area contributed by atoms with Gasteiger partial charge in [-0.2, -0.15) is 4.31 Å². The monoisotopic (exact) mass is 385 g/mol. The quantitative estimate of drug-likeness (QED) is 0.802. The molecule has 0 spiro atoms. The second-order valence-corrected chi connectivity index (χ2v) is 9.04. The number of rotatable bonds is 4. The van der Waals surface area contributed by atoms with E-state index in [0.29, 0.717) is 32.6 Å². The molecule has 0 unspecified atom stereocenters. The first-order valence-corrected chi connectivity index (χ1v) is 10.8. The molecule has 4 rings (SSSR count). The molecule has 0 atom stereocenters. The fourth-order valence-electron chi connectivity index (χ4n) is 3.85. The molecule has 142 valence electrons. The van der Waals surface area contributed by atoms with Crippen LogP contribution in [-0.4, -0.2) is 54.7 Å². The molecule has 1 aromatic carbocycles. The first kappa shape index (κ1) is 18.1. The number of nitrogens with zero attached hydrogens (tertiary/aromatic N) is 3. The van der Waals surface area contributed by atoms with E-state index in [1.165, 1.54) is 28.0 Å².